The average Bonchev–Trinajstić information content (AvgIpc) is 3.01. The van der Waals surface area contributed by atoms with Crippen molar-refractivity contribution in [2.45, 2.75) is 44.4 Å². The van der Waals surface area contributed by atoms with Gasteiger partial charge in [-0.05, 0) is 32.2 Å². The van der Waals surface area contributed by atoms with Crippen molar-refractivity contribution in [2.75, 3.05) is 19.7 Å². The summed E-state index contributed by atoms with van der Waals surface area (Å²) in [6.07, 6.45) is 9.37. The van der Waals surface area contributed by atoms with Crippen molar-refractivity contribution in [1.82, 2.24) is 15.3 Å². The molecule has 1 aliphatic heterocycles. The molecule has 1 aliphatic carbocycles. The Hall–Kier alpha value is -1.16. The molecule has 4 heteroatoms. The van der Waals surface area contributed by atoms with Crippen LogP contribution >= 0.6 is 0 Å². The first-order valence-electron chi connectivity index (χ1n) is 7.57. The van der Waals surface area contributed by atoms with E-state index in [1.54, 1.807) is 6.33 Å². The average molecular weight is 261 g/mol. The molecule has 0 amide bonds. The second-order valence-corrected chi connectivity index (χ2v) is 5.79. The number of rotatable bonds is 4. The Labute approximate surface area is 115 Å². The Morgan fingerprint density at radius 3 is 2.84 bits per heavy atom. The molecule has 3 rings (SSSR count). The molecule has 0 aromatic carbocycles. The third kappa shape index (κ3) is 3.44. The highest BCUT2D eigenvalue weighted by Gasteiger charge is 2.19. The van der Waals surface area contributed by atoms with E-state index in [4.69, 9.17) is 4.74 Å². The molecule has 1 saturated heterocycles. The van der Waals surface area contributed by atoms with Crippen molar-refractivity contribution >= 4 is 0 Å². The highest BCUT2D eigenvalue weighted by Crippen LogP contribution is 2.33. The second-order valence-electron chi connectivity index (χ2n) is 5.79. The van der Waals surface area contributed by atoms with Gasteiger partial charge in [0.15, 0.2) is 0 Å². The zero-order chi connectivity index (χ0) is 12.9. The summed E-state index contributed by atoms with van der Waals surface area (Å²) in [5.41, 5.74) is 1.17. The van der Waals surface area contributed by atoms with Gasteiger partial charge in [0.2, 0.25) is 5.88 Å². The normalized spacial score (nSPS) is 24.5. The fraction of sp³-hybridized carbons (Fsp3) is 0.733. The molecule has 0 radical (unpaired) electrons. The predicted octanol–water partition coefficient (Wildman–Crippen LogP) is 2.51. The third-order valence-electron chi connectivity index (χ3n) is 4.30. The molecule has 1 aromatic heterocycles. The van der Waals surface area contributed by atoms with E-state index in [0.29, 0.717) is 11.8 Å². The smallest absolute Gasteiger partial charge is 0.216 e. The molecule has 1 unspecified atom stereocenters. The van der Waals surface area contributed by atoms with Gasteiger partial charge in [0.25, 0.3) is 0 Å². The van der Waals surface area contributed by atoms with Gasteiger partial charge in [-0.1, -0.05) is 12.8 Å². The summed E-state index contributed by atoms with van der Waals surface area (Å²) in [5, 5.41) is 3.41. The van der Waals surface area contributed by atoms with E-state index in [0.717, 1.165) is 25.6 Å². The first-order valence-corrected chi connectivity index (χ1v) is 7.57. The summed E-state index contributed by atoms with van der Waals surface area (Å²) in [4.78, 5) is 8.65. The number of hydrogen-bond acceptors (Lipinski definition) is 4. The van der Waals surface area contributed by atoms with Crippen molar-refractivity contribution in [3.05, 3.63) is 18.1 Å². The molecular weight excluding hydrogens is 238 g/mol. The highest BCUT2D eigenvalue weighted by molar-refractivity contribution is 5.17. The van der Waals surface area contributed by atoms with Gasteiger partial charge in [-0.15, -0.1) is 0 Å². The van der Waals surface area contributed by atoms with Crippen LogP contribution in [-0.2, 0) is 0 Å². The van der Waals surface area contributed by atoms with Crippen molar-refractivity contribution in [1.29, 1.82) is 0 Å². The lowest BCUT2D eigenvalue weighted by Gasteiger charge is -2.22. The van der Waals surface area contributed by atoms with Crippen molar-refractivity contribution in [2.24, 2.45) is 5.92 Å². The molecule has 19 heavy (non-hydrogen) atoms. The summed E-state index contributed by atoms with van der Waals surface area (Å²) >= 11 is 0. The number of piperidine rings is 1. The lowest BCUT2D eigenvalue weighted by molar-refractivity contribution is 0.211. The van der Waals surface area contributed by atoms with Gasteiger partial charge >= 0.3 is 0 Å². The summed E-state index contributed by atoms with van der Waals surface area (Å²) in [6.45, 7) is 2.99. The molecule has 1 aromatic rings. The topological polar surface area (TPSA) is 47.0 Å². The Bertz CT molecular complexity index is 398. The molecule has 2 aliphatic rings. The minimum absolute atomic E-state index is 0.624. The number of ether oxygens (including phenoxy) is 1. The number of hydrogen-bond donors (Lipinski definition) is 1. The number of aromatic nitrogens is 2. The van der Waals surface area contributed by atoms with E-state index in [1.807, 2.05) is 6.07 Å². The van der Waals surface area contributed by atoms with Crippen LogP contribution in [0.1, 0.15) is 50.1 Å². The molecule has 0 spiro atoms. The van der Waals surface area contributed by atoms with Crippen LogP contribution in [0.2, 0.25) is 0 Å². The molecule has 1 N–H and O–H groups in total. The van der Waals surface area contributed by atoms with Crippen LogP contribution in [0.15, 0.2) is 12.4 Å². The lowest BCUT2D eigenvalue weighted by atomic mass is 10.0. The standard InChI is InChI=1S/C15H23N3O/c1-2-6-13(5-1)14-8-15(18-11-17-14)19-10-12-4-3-7-16-9-12/h8,11-13,16H,1-7,9-10H2. The molecule has 104 valence electrons. The van der Waals surface area contributed by atoms with Crippen molar-refractivity contribution < 1.29 is 4.74 Å². The van der Waals surface area contributed by atoms with Gasteiger partial charge in [-0.2, -0.15) is 0 Å². The molecule has 1 atom stereocenters. The molecular formula is C15H23N3O. The van der Waals surface area contributed by atoms with E-state index in [1.165, 1.54) is 44.2 Å². The fourth-order valence-corrected chi connectivity index (χ4v) is 3.15. The van der Waals surface area contributed by atoms with Crippen LogP contribution in [-0.4, -0.2) is 29.7 Å². The molecule has 2 heterocycles. The van der Waals surface area contributed by atoms with Crippen LogP contribution in [0.3, 0.4) is 0 Å². The van der Waals surface area contributed by atoms with Crippen LogP contribution in [0, 0.1) is 5.92 Å². The summed E-state index contributed by atoms with van der Waals surface area (Å²) in [7, 11) is 0. The van der Waals surface area contributed by atoms with Crippen molar-refractivity contribution in [3.8, 4) is 5.88 Å². The number of nitrogens with one attached hydrogen (secondary N) is 1. The first-order chi connectivity index (χ1) is 9.42. The van der Waals surface area contributed by atoms with Gasteiger partial charge in [-0.25, -0.2) is 9.97 Å². The van der Waals surface area contributed by atoms with Gasteiger partial charge in [0, 0.05) is 24.4 Å². The predicted molar refractivity (Wildman–Crippen MR) is 74.3 cm³/mol. The minimum atomic E-state index is 0.624. The zero-order valence-electron chi connectivity index (χ0n) is 11.5. The second kappa shape index (κ2) is 6.33. The largest absolute Gasteiger partial charge is 0.477 e. The van der Waals surface area contributed by atoms with Gasteiger partial charge in [0.05, 0.1) is 12.3 Å². The fourth-order valence-electron chi connectivity index (χ4n) is 3.15. The minimum Gasteiger partial charge on any atom is -0.477 e. The molecule has 4 nitrogen and oxygen atoms in total. The molecule has 2 fully saturated rings. The first kappa shape index (κ1) is 12.9. The summed E-state index contributed by atoms with van der Waals surface area (Å²) in [5.74, 6) is 2.00. The Morgan fingerprint density at radius 2 is 2.05 bits per heavy atom. The van der Waals surface area contributed by atoms with Crippen LogP contribution in [0.25, 0.3) is 0 Å². The summed E-state index contributed by atoms with van der Waals surface area (Å²) in [6, 6.07) is 2.05. The van der Waals surface area contributed by atoms with E-state index >= 15 is 0 Å². The van der Waals surface area contributed by atoms with E-state index < -0.39 is 0 Å². The molecule has 0 bridgehead atoms. The third-order valence-corrected chi connectivity index (χ3v) is 4.30. The highest BCUT2D eigenvalue weighted by atomic mass is 16.5. The summed E-state index contributed by atoms with van der Waals surface area (Å²) < 4.78 is 5.85. The van der Waals surface area contributed by atoms with E-state index in [-0.39, 0.29) is 0 Å². The zero-order valence-corrected chi connectivity index (χ0v) is 11.5. The van der Waals surface area contributed by atoms with Crippen LogP contribution in [0.5, 0.6) is 5.88 Å². The maximum Gasteiger partial charge on any atom is 0.216 e. The van der Waals surface area contributed by atoms with Gasteiger partial charge < -0.3 is 10.1 Å². The SMILES string of the molecule is c1nc(OCC2CCCNC2)cc(C2CCCC2)n1. The Morgan fingerprint density at radius 1 is 1.16 bits per heavy atom. The van der Waals surface area contributed by atoms with E-state index in [9.17, 15) is 0 Å². The van der Waals surface area contributed by atoms with Gasteiger partial charge in [0.1, 0.15) is 6.33 Å². The van der Waals surface area contributed by atoms with Crippen LogP contribution in [0.4, 0.5) is 0 Å². The maximum atomic E-state index is 5.85. The lowest BCUT2D eigenvalue weighted by Crippen LogP contribution is -2.33. The van der Waals surface area contributed by atoms with Crippen molar-refractivity contribution in [3.63, 3.8) is 0 Å². The maximum absolute atomic E-state index is 5.85. The molecule has 1 saturated carbocycles. The van der Waals surface area contributed by atoms with Gasteiger partial charge in [-0.3, -0.25) is 0 Å². The van der Waals surface area contributed by atoms with Crippen LogP contribution < -0.4 is 10.1 Å². The quantitative estimate of drug-likeness (QED) is 0.904. The monoisotopic (exact) mass is 261 g/mol. The Kier molecular flexibility index (Phi) is 4.28. The Balaban J connectivity index is 1.56. The number of nitrogens with zero attached hydrogens (tertiary/aromatic N) is 2. The van der Waals surface area contributed by atoms with E-state index in [2.05, 4.69) is 15.3 Å².